The van der Waals surface area contributed by atoms with Crippen LogP contribution >= 0.6 is 0 Å². The van der Waals surface area contributed by atoms with Crippen LogP contribution < -0.4 is 0 Å². The zero-order chi connectivity index (χ0) is 13.7. The minimum absolute atomic E-state index is 0.245. The largest absolute Gasteiger partial charge is 0.481 e. The first-order chi connectivity index (χ1) is 9.22. The highest BCUT2D eigenvalue weighted by molar-refractivity contribution is 5.66. The van der Waals surface area contributed by atoms with Gasteiger partial charge in [-0.1, -0.05) is 12.2 Å². The van der Waals surface area contributed by atoms with E-state index in [1.54, 1.807) is 0 Å². The van der Waals surface area contributed by atoms with Gasteiger partial charge in [-0.25, -0.2) is 0 Å². The summed E-state index contributed by atoms with van der Waals surface area (Å²) in [5.41, 5.74) is 0. The Bertz CT molecular complexity index is 326. The van der Waals surface area contributed by atoms with Gasteiger partial charge < -0.3 is 14.9 Å². The Balaban J connectivity index is 1.72. The standard InChI is InChI=1S/C15H24O4/c16-10-9-12-11(13-7-8-14(12)19-13)5-3-1-2-4-6-15(17)18/h1,3,11-14,16H,2,4-10H2,(H,17,18)/b3-1-/t11-,12+,13+,14+/m1/s1. The number of hydrogen-bond donors (Lipinski definition) is 2. The highest BCUT2D eigenvalue weighted by atomic mass is 16.5. The number of aliphatic hydroxyl groups is 1. The average Bonchev–Trinajstić information content (AvgIpc) is 2.95. The molecule has 0 aromatic heterocycles. The monoisotopic (exact) mass is 268 g/mol. The van der Waals surface area contributed by atoms with E-state index in [1.807, 2.05) is 0 Å². The Morgan fingerprint density at radius 3 is 2.63 bits per heavy atom. The topological polar surface area (TPSA) is 66.8 Å². The quantitative estimate of drug-likeness (QED) is 0.524. The van der Waals surface area contributed by atoms with Gasteiger partial charge in [-0.2, -0.15) is 0 Å². The van der Waals surface area contributed by atoms with Crippen molar-refractivity contribution in [3.8, 4) is 0 Å². The predicted molar refractivity (Wildman–Crippen MR) is 71.8 cm³/mol. The molecule has 2 rings (SSSR count). The summed E-state index contributed by atoms with van der Waals surface area (Å²) in [6.07, 6.45) is 10.9. The van der Waals surface area contributed by atoms with E-state index >= 15 is 0 Å². The number of ether oxygens (including phenoxy) is 1. The molecule has 2 heterocycles. The van der Waals surface area contributed by atoms with Crippen LogP contribution in [0.5, 0.6) is 0 Å². The number of carboxylic acids is 1. The summed E-state index contributed by atoms with van der Waals surface area (Å²) in [7, 11) is 0. The zero-order valence-corrected chi connectivity index (χ0v) is 11.3. The summed E-state index contributed by atoms with van der Waals surface area (Å²) in [5, 5.41) is 17.7. The van der Waals surface area contributed by atoms with E-state index in [1.165, 1.54) is 0 Å². The number of rotatable bonds is 8. The summed E-state index contributed by atoms with van der Waals surface area (Å²) in [6, 6.07) is 0. The number of fused-ring (bicyclic) bond motifs is 2. The Morgan fingerprint density at radius 2 is 1.95 bits per heavy atom. The van der Waals surface area contributed by atoms with E-state index in [0.29, 0.717) is 30.5 Å². The molecule has 19 heavy (non-hydrogen) atoms. The van der Waals surface area contributed by atoms with Crippen LogP contribution in [0.4, 0.5) is 0 Å². The summed E-state index contributed by atoms with van der Waals surface area (Å²) < 4.78 is 5.94. The number of unbranched alkanes of at least 4 members (excludes halogenated alkanes) is 1. The molecular formula is C15H24O4. The highest BCUT2D eigenvalue weighted by Gasteiger charge is 2.47. The smallest absolute Gasteiger partial charge is 0.303 e. The minimum Gasteiger partial charge on any atom is -0.481 e. The number of allylic oxidation sites excluding steroid dienone is 2. The fraction of sp³-hybridized carbons (Fsp3) is 0.800. The van der Waals surface area contributed by atoms with Crippen LogP contribution in [0, 0.1) is 11.8 Å². The third kappa shape index (κ3) is 3.80. The van der Waals surface area contributed by atoms with Gasteiger partial charge in [0, 0.05) is 13.0 Å². The fourth-order valence-corrected chi connectivity index (χ4v) is 3.49. The van der Waals surface area contributed by atoms with Crippen molar-refractivity contribution < 1.29 is 19.7 Å². The van der Waals surface area contributed by atoms with Crippen LogP contribution in [0.2, 0.25) is 0 Å². The lowest BCUT2D eigenvalue weighted by atomic mass is 9.76. The molecule has 2 N–H and O–H groups in total. The molecule has 0 spiro atoms. The number of aliphatic hydroxyl groups excluding tert-OH is 1. The van der Waals surface area contributed by atoms with E-state index in [0.717, 1.165) is 32.1 Å². The number of aliphatic carboxylic acids is 1. The van der Waals surface area contributed by atoms with Crippen molar-refractivity contribution in [2.24, 2.45) is 11.8 Å². The van der Waals surface area contributed by atoms with Crippen LogP contribution in [0.1, 0.15) is 44.9 Å². The first kappa shape index (κ1) is 14.5. The van der Waals surface area contributed by atoms with Crippen molar-refractivity contribution in [1.29, 1.82) is 0 Å². The van der Waals surface area contributed by atoms with Gasteiger partial charge in [-0.3, -0.25) is 4.79 Å². The van der Waals surface area contributed by atoms with Crippen molar-refractivity contribution in [3.63, 3.8) is 0 Å². The molecule has 4 heteroatoms. The van der Waals surface area contributed by atoms with Crippen molar-refractivity contribution in [2.45, 2.75) is 57.2 Å². The summed E-state index contributed by atoms with van der Waals surface area (Å²) in [4.78, 5) is 10.4. The Kier molecular flexibility index (Phi) is 5.40. The number of carbonyl (C=O) groups is 1. The van der Waals surface area contributed by atoms with Crippen LogP contribution in [-0.2, 0) is 9.53 Å². The van der Waals surface area contributed by atoms with Gasteiger partial charge in [0.1, 0.15) is 0 Å². The van der Waals surface area contributed by atoms with Gasteiger partial charge >= 0.3 is 5.97 Å². The second kappa shape index (κ2) is 7.06. The number of hydrogen-bond acceptors (Lipinski definition) is 3. The van der Waals surface area contributed by atoms with Crippen LogP contribution in [0.15, 0.2) is 12.2 Å². The van der Waals surface area contributed by atoms with E-state index in [9.17, 15) is 4.79 Å². The molecule has 2 saturated heterocycles. The van der Waals surface area contributed by atoms with Crippen molar-refractivity contribution >= 4 is 5.97 Å². The molecule has 2 fully saturated rings. The molecule has 0 aliphatic carbocycles. The van der Waals surface area contributed by atoms with Gasteiger partial charge in [0.2, 0.25) is 0 Å². The number of carboxylic acid groups (broad SMARTS) is 1. The first-order valence-corrected chi connectivity index (χ1v) is 7.35. The second-order valence-corrected chi connectivity index (χ2v) is 5.62. The average molecular weight is 268 g/mol. The van der Waals surface area contributed by atoms with Crippen LogP contribution in [-0.4, -0.2) is 35.0 Å². The van der Waals surface area contributed by atoms with Gasteiger partial charge in [0.05, 0.1) is 12.2 Å². The molecule has 2 aliphatic heterocycles. The second-order valence-electron chi connectivity index (χ2n) is 5.62. The maximum absolute atomic E-state index is 10.4. The molecule has 2 bridgehead atoms. The summed E-state index contributed by atoms with van der Waals surface area (Å²) in [6.45, 7) is 0.246. The molecule has 0 unspecified atom stereocenters. The third-order valence-corrected chi connectivity index (χ3v) is 4.39. The minimum atomic E-state index is -0.724. The molecule has 0 aromatic carbocycles. The van der Waals surface area contributed by atoms with Gasteiger partial charge in [0.25, 0.3) is 0 Å². The molecular weight excluding hydrogens is 244 g/mol. The lowest BCUT2D eigenvalue weighted by molar-refractivity contribution is -0.137. The maximum Gasteiger partial charge on any atom is 0.303 e. The SMILES string of the molecule is O=C(O)CCC/C=C\C[C@@H]1[C@H](CCO)[C@@H]2CC[C@@H]1O2. The van der Waals surface area contributed by atoms with E-state index in [4.69, 9.17) is 14.9 Å². The van der Waals surface area contributed by atoms with Gasteiger partial charge in [0.15, 0.2) is 0 Å². The van der Waals surface area contributed by atoms with Gasteiger partial charge in [-0.05, 0) is 50.4 Å². The maximum atomic E-state index is 10.4. The molecule has 0 radical (unpaired) electrons. The molecule has 4 atom stereocenters. The molecule has 0 saturated carbocycles. The van der Waals surface area contributed by atoms with E-state index in [-0.39, 0.29) is 13.0 Å². The van der Waals surface area contributed by atoms with Crippen molar-refractivity contribution in [2.75, 3.05) is 6.61 Å². The normalized spacial score (nSPS) is 33.3. The molecule has 108 valence electrons. The highest BCUT2D eigenvalue weighted by Crippen LogP contribution is 2.46. The lowest BCUT2D eigenvalue weighted by Gasteiger charge is -2.26. The van der Waals surface area contributed by atoms with Crippen molar-refractivity contribution in [1.82, 2.24) is 0 Å². The Morgan fingerprint density at radius 1 is 1.21 bits per heavy atom. The molecule has 0 aromatic rings. The predicted octanol–water partition coefficient (Wildman–Crippen LogP) is 2.36. The van der Waals surface area contributed by atoms with Crippen LogP contribution in [0.3, 0.4) is 0 Å². The molecule has 4 nitrogen and oxygen atoms in total. The van der Waals surface area contributed by atoms with Crippen LogP contribution in [0.25, 0.3) is 0 Å². The summed E-state index contributed by atoms with van der Waals surface area (Å²) in [5.74, 6) is 0.326. The third-order valence-electron chi connectivity index (χ3n) is 4.39. The zero-order valence-electron chi connectivity index (χ0n) is 11.3. The van der Waals surface area contributed by atoms with E-state index in [2.05, 4.69) is 12.2 Å². The summed E-state index contributed by atoms with van der Waals surface area (Å²) >= 11 is 0. The van der Waals surface area contributed by atoms with Gasteiger partial charge in [-0.15, -0.1) is 0 Å². The van der Waals surface area contributed by atoms with Crippen molar-refractivity contribution in [3.05, 3.63) is 12.2 Å². The first-order valence-electron chi connectivity index (χ1n) is 7.35. The Hall–Kier alpha value is -0.870. The fourth-order valence-electron chi connectivity index (χ4n) is 3.49. The Labute approximate surface area is 114 Å². The van der Waals surface area contributed by atoms with E-state index < -0.39 is 5.97 Å². The lowest BCUT2D eigenvalue weighted by Crippen LogP contribution is -2.27. The molecule has 2 aliphatic rings. The molecule has 0 amide bonds.